The number of carbonyl (C=O) groups excluding carboxylic acids is 1. The number of hydrogen-bond acceptors (Lipinski definition) is 5. The molecular weight excluding hydrogens is 445 g/mol. The minimum absolute atomic E-state index is 0.132. The van der Waals surface area contributed by atoms with Crippen LogP contribution in [-0.2, 0) is 17.5 Å². The van der Waals surface area contributed by atoms with Crippen LogP contribution in [0, 0.1) is 0 Å². The number of hydrogen-bond donors (Lipinski definition) is 0. The van der Waals surface area contributed by atoms with Crippen molar-refractivity contribution >= 4 is 17.1 Å². The second kappa shape index (κ2) is 10.1. The van der Waals surface area contributed by atoms with Gasteiger partial charge in [-0.25, -0.2) is 14.8 Å². The van der Waals surface area contributed by atoms with E-state index in [1.165, 1.54) is 0 Å². The molecule has 1 aromatic carbocycles. The molecule has 5 nitrogen and oxygen atoms in total. The quantitative estimate of drug-likeness (QED) is 0.379. The van der Waals surface area contributed by atoms with Gasteiger partial charge in [0.25, 0.3) is 0 Å². The highest BCUT2D eigenvalue weighted by molar-refractivity contribution is 5.94. The second-order valence-corrected chi connectivity index (χ2v) is 7.79. The fraction of sp³-hybridized carbons (Fsp3) is 0.269. The van der Waals surface area contributed by atoms with E-state index in [0.29, 0.717) is 29.7 Å². The Bertz CT molecular complexity index is 1210. The largest absolute Gasteiger partial charge is 0.472 e. The number of benzene rings is 1. The van der Waals surface area contributed by atoms with Gasteiger partial charge in [0.15, 0.2) is 0 Å². The number of alkyl halides is 3. The van der Waals surface area contributed by atoms with Crippen LogP contribution in [0.4, 0.5) is 13.2 Å². The van der Waals surface area contributed by atoms with Gasteiger partial charge in [0, 0.05) is 11.8 Å². The van der Waals surface area contributed by atoms with E-state index in [4.69, 9.17) is 9.47 Å². The molecule has 0 spiro atoms. The Morgan fingerprint density at radius 2 is 1.79 bits per heavy atom. The molecule has 0 aliphatic heterocycles. The average Bonchev–Trinajstić information content (AvgIpc) is 3.33. The fourth-order valence-corrected chi connectivity index (χ4v) is 3.91. The number of ether oxygens (including phenoxy) is 2. The van der Waals surface area contributed by atoms with Gasteiger partial charge in [-0.2, -0.15) is 13.2 Å². The summed E-state index contributed by atoms with van der Waals surface area (Å²) in [5.41, 5.74) is 2.47. The van der Waals surface area contributed by atoms with Crippen molar-refractivity contribution in [3.63, 3.8) is 0 Å². The summed E-state index contributed by atoms with van der Waals surface area (Å²) in [6.07, 6.45) is -1.85. The summed E-state index contributed by atoms with van der Waals surface area (Å²) in [6.45, 7) is 2.10. The average molecular weight is 468 g/mol. The van der Waals surface area contributed by atoms with Crippen LogP contribution in [0.15, 0.2) is 60.8 Å². The summed E-state index contributed by atoms with van der Waals surface area (Å²) in [6, 6.07) is 15.4. The standard InChI is InChI=1S/C26H23F3N2O3/c1-2-33-25(32)23-13-7-12-22(31-23)20-11-6-10-19(20)21-14-18(26(27,28)29)15-30-24(21)34-16-17-8-4-3-5-9-17/h3-5,7-9,12-15H,2,6,10-11,16H2,1H3. The predicted molar refractivity (Wildman–Crippen MR) is 121 cm³/mol. The third-order valence-electron chi connectivity index (χ3n) is 5.48. The van der Waals surface area contributed by atoms with Crippen LogP contribution in [0.1, 0.15) is 59.1 Å². The van der Waals surface area contributed by atoms with Crippen LogP contribution in [0.25, 0.3) is 11.1 Å². The van der Waals surface area contributed by atoms with Gasteiger partial charge in [0.1, 0.15) is 12.3 Å². The van der Waals surface area contributed by atoms with E-state index in [0.717, 1.165) is 29.8 Å². The molecule has 0 saturated heterocycles. The van der Waals surface area contributed by atoms with E-state index in [-0.39, 0.29) is 24.8 Å². The van der Waals surface area contributed by atoms with Crippen molar-refractivity contribution in [2.45, 2.75) is 39.0 Å². The number of esters is 1. The van der Waals surface area contributed by atoms with Crippen LogP contribution < -0.4 is 4.74 Å². The zero-order chi connectivity index (χ0) is 24.1. The Kier molecular flexibility index (Phi) is 6.95. The number of nitrogens with zero attached hydrogens (tertiary/aromatic N) is 2. The highest BCUT2D eigenvalue weighted by atomic mass is 19.4. The summed E-state index contributed by atoms with van der Waals surface area (Å²) in [7, 11) is 0. The Balaban J connectivity index is 1.76. The van der Waals surface area contributed by atoms with Crippen molar-refractivity contribution in [1.82, 2.24) is 9.97 Å². The maximum Gasteiger partial charge on any atom is 0.417 e. The first-order valence-electron chi connectivity index (χ1n) is 11.0. The van der Waals surface area contributed by atoms with E-state index in [9.17, 15) is 18.0 Å². The number of rotatable bonds is 7. The van der Waals surface area contributed by atoms with Crippen LogP contribution in [0.5, 0.6) is 5.88 Å². The number of pyridine rings is 2. The van der Waals surface area contributed by atoms with Crippen LogP contribution >= 0.6 is 0 Å². The van der Waals surface area contributed by atoms with Crippen molar-refractivity contribution in [2.24, 2.45) is 0 Å². The number of halogens is 3. The summed E-state index contributed by atoms with van der Waals surface area (Å²) >= 11 is 0. The molecule has 0 radical (unpaired) electrons. The van der Waals surface area contributed by atoms with Crippen molar-refractivity contribution < 1.29 is 27.4 Å². The molecule has 0 bridgehead atoms. The van der Waals surface area contributed by atoms with E-state index >= 15 is 0 Å². The van der Waals surface area contributed by atoms with Crippen LogP contribution in [0.3, 0.4) is 0 Å². The zero-order valence-corrected chi connectivity index (χ0v) is 18.6. The molecule has 0 saturated carbocycles. The molecule has 0 fully saturated rings. The summed E-state index contributed by atoms with van der Waals surface area (Å²) in [5, 5.41) is 0. The molecule has 1 aliphatic carbocycles. The molecular formula is C26H23F3N2O3. The molecule has 0 amide bonds. The van der Waals surface area contributed by atoms with Crippen LogP contribution in [-0.4, -0.2) is 22.5 Å². The predicted octanol–water partition coefficient (Wildman–Crippen LogP) is 6.35. The van der Waals surface area contributed by atoms with Crippen molar-refractivity contribution in [2.75, 3.05) is 6.61 Å². The van der Waals surface area contributed by atoms with E-state index in [2.05, 4.69) is 9.97 Å². The van der Waals surface area contributed by atoms with E-state index in [1.807, 2.05) is 30.3 Å². The first-order valence-corrected chi connectivity index (χ1v) is 11.0. The number of aromatic nitrogens is 2. The lowest BCUT2D eigenvalue weighted by Gasteiger charge is -2.16. The van der Waals surface area contributed by atoms with Gasteiger partial charge in [0.2, 0.25) is 5.88 Å². The summed E-state index contributed by atoms with van der Waals surface area (Å²) in [5.74, 6) is -0.412. The summed E-state index contributed by atoms with van der Waals surface area (Å²) < 4.78 is 51.4. The van der Waals surface area contributed by atoms with Crippen molar-refractivity contribution in [1.29, 1.82) is 0 Å². The molecule has 1 aliphatic rings. The molecule has 0 N–H and O–H groups in total. The van der Waals surface area contributed by atoms with Gasteiger partial charge < -0.3 is 9.47 Å². The third kappa shape index (κ3) is 5.27. The molecule has 176 valence electrons. The molecule has 3 aromatic rings. The Hall–Kier alpha value is -3.68. The van der Waals surface area contributed by atoms with Gasteiger partial charge in [-0.05, 0) is 61.1 Å². The monoisotopic (exact) mass is 468 g/mol. The highest BCUT2D eigenvalue weighted by Gasteiger charge is 2.33. The topological polar surface area (TPSA) is 61.3 Å². The summed E-state index contributed by atoms with van der Waals surface area (Å²) in [4.78, 5) is 20.6. The Morgan fingerprint density at radius 3 is 2.53 bits per heavy atom. The van der Waals surface area contributed by atoms with Crippen molar-refractivity contribution in [3.05, 3.63) is 88.9 Å². The lowest BCUT2D eigenvalue weighted by atomic mass is 9.99. The number of carbonyl (C=O) groups is 1. The third-order valence-corrected chi connectivity index (χ3v) is 5.48. The van der Waals surface area contributed by atoms with Gasteiger partial charge in [-0.1, -0.05) is 36.4 Å². The first-order chi connectivity index (χ1) is 16.4. The molecule has 2 heterocycles. The molecule has 4 rings (SSSR count). The lowest BCUT2D eigenvalue weighted by Crippen LogP contribution is -2.09. The first kappa shape index (κ1) is 23.5. The fourth-order valence-electron chi connectivity index (χ4n) is 3.91. The lowest BCUT2D eigenvalue weighted by molar-refractivity contribution is -0.137. The maximum absolute atomic E-state index is 13.5. The van der Waals surface area contributed by atoms with Crippen molar-refractivity contribution in [3.8, 4) is 5.88 Å². The molecule has 34 heavy (non-hydrogen) atoms. The van der Waals surface area contributed by atoms with Crippen LogP contribution in [0.2, 0.25) is 0 Å². The maximum atomic E-state index is 13.5. The minimum Gasteiger partial charge on any atom is -0.472 e. The normalized spacial score (nSPS) is 13.8. The van der Waals surface area contributed by atoms with Gasteiger partial charge in [0.05, 0.1) is 17.9 Å². The molecule has 0 atom stereocenters. The number of allylic oxidation sites excluding steroid dienone is 2. The molecule has 2 aromatic heterocycles. The highest BCUT2D eigenvalue weighted by Crippen LogP contribution is 2.43. The smallest absolute Gasteiger partial charge is 0.417 e. The Morgan fingerprint density at radius 1 is 1.03 bits per heavy atom. The second-order valence-electron chi connectivity index (χ2n) is 7.79. The molecule has 8 heteroatoms. The molecule has 0 unspecified atom stereocenters. The van der Waals surface area contributed by atoms with E-state index < -0.39 is 17.7 Å². The SMILES string of the molecule is CCOC(=O)c1cccc(C2=C(c3cc(C(F)(F)F)cnc3OCc3ccccc3)CCC2)n1. The minimum atomic E-state index is -4.54. The van der Waals surface area contributed by atoms with Gasteiger partial charge >= 0.3 is 12.1 Å². The zero-order valence-electron chi connectivity index (χ0n) is 18.6. The Labute approximate surface area is 195 Å². The van der Waals surface area contributed by atoms with E-state index in [1.54, 1.807) is 25.1 Å². The van der Waals surface area contributed by atoms with Gasteiger partial charge in [-0.3, -0.25) is 0 Å². The van der Waals surface area contributed by atoms with Gasteiger partial charge in [-0.15, -0.1) is 0 Å².